The van der Waals surface area contributed by atoms with Crippen molar-refractivity contribution in [2.24, 2.45) is 0 Å². The molecule has 0 fully saturated rings. The number of sulfonamides is 1. The average molecular weight is 270 g/mol. The van der Waals surface area contributed by atoms with E-state index in [-0.39, 0.29) is 16.9 Å². The van der Waals surface area contributed by atoms with Crippen LogP contribution in [0, 0.1) is 6.92 Å². The highest BCUT2D eigenvalue weighted by Crippen LogP contribution is 2.17. The molecule has 98 valence electrons. The molecule has 2 rings (SSSR count). The average Bonchev–Trinajstić information content (AvgIpc) is 2.88. The van der Waals surface area contributed by atoms with Gasteiger partial charge >= 0.3 is 0 Å². The first-order valence-corrected chi connectivity index (χ1v) is 6.86. The van der Waals surface area contributed by atoms with Gasteiger partial charge in [-0.3, -0.25) is 4.72 Å². The molecule has 0 bridgehead atoms. The minimum Gasteiger partial charge on any atom is -0.362 e. The molecule has 0 radical (unpaired) electrons. The van der Waals surface area contributed by atoms with Gasteiger partial charge in [-0.1, -0.05) is 5.16 Å². The van der Waals surface area contributed by atoms with Crippen LogP contribution in [-0.4, -0.2) is 23.1 Å². The van der Waals surface area contributed by atoms with Crippen LogP contribution < -0.4 is 4.72 Å². The minimum absolute atomic E-state index is 0.0430. The lowest BCUT2D eigenvalue weighted by atomic mass is 10.4. The number of aromatic nitrogens is 3. The van der Waals surface area contributed by atoms with Crippen LogP contribution in [0.3, 0.4) is 0 Å². The zero-order chi connectivity index (χ0) is 13.3. The van der Waals surface area contributed by atoms with Crippen molar-refractivity contribution in [2.45, 2.75) is 31.8 Å². The van der Waals surface area contributed by atoms with Gasteiger partial charge in [-0.15, -0.1) is 0 Å². The Morgan fingerprint density at radius 2 is 2.17 bits per heavy atom. The number of imidazole rings is 1. The Balaban J connectivity index is 2.28. The highest BCUT2D eigenvalue weighted by molar-refractivity contribution is 7.92. The predicted molar refractivity (Wildman–Crippen MR) is 64.7 cm³/mol. The Hall–Kier alpha value is -1.83. The lowest BCUT2D eigenvalue weighted by Gasteiger charge is -2.04. The first kappa shape index (κ1) is 12.6. The lowest BCUT2D eigenvalue weighted by Crippen LogP contribution is -2.14. The van der Waals surface area contributed by atoms with Crippen LogP contribution in [0.2, 0.25) is 0 Å². The molecule has 2 heterocycles. The lowest BCUT2D eigenvalue weighted by molar-refractivity contribution is 0.422. The molecule has 1 N–H and O–H groups in total. The van der Waals surface area contributed by atoms with E-state index in [0.29, 0.717) is 5.56 Å². The summed E-state index contributed by atoms with van der Waals surface area (Å²) in [5, 5.41) is 3.53. The molecule has 0 aliphatic rings. The number of nitrogens with one attached hydrogen (secondary N) is 1. The molecular formula is C10H14N4O3S. The van der Waals surface area contributed by atoms with Gasteiger partial charge in [0.2, 0.25) is 0 Å². The van der Waals surface area contributed by atoms with E-state index in [1.165, 1.54) is 18.8 Å². The second-order valence-electron chi connectivity index (χ2n) is 4.20. The van der Waals surface area contributed by atoms with Crippen LogP contribution in [0.4, 0.5) is 5.82 Å². The topological polar surface area (TPSA) is 90.0 Å². The van der Waals surface area contributed by atoms with Gasteiger partial charge < -0.3 is 9.09 Å². The Kier molecular flexibility index (Phi) is 3.12. The van der Waals surface area contributed by atoms with Crippen molar-refractivity contribution < 1.29 is 12.9 Å². The Labute approximate surface area is 105 Å². The number of rotatable bonds is 4. The third-order valence-electron chi connectivity index (χ3n) is 2.43. The van der Waals surface area contributed by atoms with E-state index in [1.54, 1.807) is 11.5 Å². The second kappa shape index (κ2) is 4.45. The van der Waals surface area contributed by atoms with Gasteiger partial charge in [-0.25, -0.2) is 4.98 Å². The summed E-state index contributed by atoms with van der Waals surface area (Å²) in [6.07, 6.45) is 4.32. The Morgan fingerprint density at radius 1 is 1.44 bits per heavy atom. The van der Waals surface area contributed by atoms with Gasteiger partial charge in [-0.2, -0.15) is 8.42 Å². The highest BCUT2D eigenvalue weighted by Gasteiger charge is 2.20. The molecule has 0 saturated heterocycles. The fraction of sp³-hybridized carbons (Fsp3) is 0.400. The van der Waals surface area contributed by atoms with E-state index >= 15 is 0 Å². The number of nitrogens with zero attached hydrogens (tertiary/aromatic N) is 3. The first-order valence-electron chi connectivity index (χ1n) is 5.37. The Bertz CT molecular complexity index is 642. The van der Waals surface area contributed by atoms with Crippen LogP contribution in [0.1, 0.15) is 25.5 Å². The number of anilines is 1. The largest absolute Gasteiger partial charge is 0.362 e. The van der Waals surface area contributed by atoms with Crippen LogP contribution in [0.25, 0.3) is 0 Å². The van der Waals surface area contributed by atoms with E-state index < -0.39 is 10.0 Å². The molecule has 2 aromatic rings. The van der Waals surface area contributed by atoms with Crippen LogP contribution in [0.15, 0.2) is 28.3 Å². The van der Waals surface area contributed by atoms with Crippen LogP contribution in [0.5, 0.6) is 0 Å². The van der Waals surface area contributed by atoms with Crippen LogP contribution >= 0.6 is 0 Å². The summed E-state index contributed by atoms with van der Waals surface area (Å²) in [5.41, 5.74) is 0.613. The maximum atomic E-state index is 12.0. The van der Waals surface area contributed by atoms with Gasteiger partial charge in [0.25, 0.3) is 10.0 Å². The third kappa shape index (κ3) is 2.37. The molecule has 0 atom stereocenters. The van der Waals surface area contributed by atoms with Crippen molar-refractivity contribution >= 4 is 15.8 Å². The molecule has 18 heavy (non-hydrogen) atoms. The van der Waals surface area contributed by atoms with Gasteiger partial charge in [0.05, 0.1) is 6.33 Å². The quantitative estimate of drug-likeness (QED) is 0.910. The number of aryl methyl sites for hydroxylation is 1. The normalized spacial score (nSPS) is 12.0. The van der Waals surface area contributed by atoms with Gasteiger partial charge in [-0.05, 0) is 20.8 Å². The zero-order valence-corrected chi connectivity index (χ0v) is 11.1. The fourth-order valence-electron chi connectivity index (χ4n) is 1.30. The van der Waals surface area contributed by atoms with E-state index in [1.807, 2.05) is 13.8 Å². The molecule has 2 aromatic heterocycles. The minimum atomic E-state index is -3.72. The maximum Gasteiger partial charge on any atom is 0.282 e. The smallest absolute Gasteiger partial charge is 0.282 e. The van der Waals surface area contributed by atoms with Crippen molar-refractivity contribution in [1.82, 2.24) is 14.7 Å². The molecular weight excluding hydrogens is 256 g/mol. The Morgan fingerprint density at radius 3 is 2.67 bits per heavy atom. The summed E-state index contributed by atoms with van der Waals surface area (Å²) in [5.74, 6) is 0.175. The van der Waals surface area contributed by atoms with Crippen molar-refractivity contribution in [3.8, 4) is 0 Å². The summed E-state index contributed by atoms with van der Waals surface area (Å²) in [4.78, 5) is 3.87. The summed E-state index contributed by atoms with van der Waals surface area (Å²) in [6, 6.07) is 0.148. The summed E-state index contributed by atoms with van der Waals surface area (Å²) < 4.78 is 32.7. The molecule has 0 aromatic carbocycles. The summed E-state index contributed by atoms with van der Waals surface area (Å²) in [7, 11) is -3.72. The fourth-order valence-corrected chi connectivity index (χ4v) is 2.31. The van der Waals surface area contributed by atoms with E-state index in [2.05, 4.69) is 19.4 Å². The van der Waals surface area contributed by atoms with Gasteiger partial charge in [0, 0.05) is 17.8 Å². The number of hydrogen-bond acceptors (Lipinski definition) is 5. The second-order valence-corrected chi connectivity index (χ2v) is 5.83. The van der Waals surface area contributed by atoms with Gasteiger partial charge in [0.1, 0.15) is 6.26 Å². The summed E-state index contributed by atoms with van der Waals surface area (Å²) >= 11 is 0. The van der Waals surface area contributed by atoms with Crippen molar-refractivity contribution in [3.63, 3.8) is 0 Å². The molecule has 0 saturated carbocycles. The standard InChI is InChI=1S/C10H14N4O3S/c1-7(2)14-4-9(11-6-14)18(15,16)13-10-8(3)5-17-12-10/h4-7H,1-3H3,(H,12,13). The zero-order valence-electron chi connectivity index (χ0n) is 10.3. The summed E-state index contributed by atoms with van der Waals surface area (Å²) in [6.45, 7) is 5.57. The van der Waals surface area contributed by atoms with Gasteiger partial charge in [0.15, 0.2) is 10.8 Å². The van der Waals surface area contributed by atoms with Crippen molar-refractivity contribution in [2.75, 3.05) is 4.72 Å². The first-order chi connectivity index (χ1) is 8.40. The predicted octanol–water partition coefficient (Wildman–Crippen LogP) is 1.56. The molecule has 8 heteroatoms. The highest BCUT2D eigenvalue weighted by atomic mass is 32.2. The molecule has 0 spiro atoms. The van der Waals surface area contributed by atoms with E-state index in [0.717, 1.165) is 0 Å². The maximum absolute atomic E-state index is 12.0. The molecule has 7 nitrogen and oxygen atoms in total. The van der Waals surface area contributed by atoms with Crippen LogP contribution in [-0.2, 0) is 10.0 Å². The molecule has 0 amide bonds. The third-order valence-corrected chi connectivity index (χ3v) is 3.65. The number of hydrogen-bond donors (Lipinski definition) is 1. The van der Waals surface area contributed by atoms with Crippen molar-refractivity contribution in [3.05, 3.63) is 24.4 Å². The molecule has 0 unspecified atom stereocenters. The molecule has 0 aliphatic heterocycles. The van der Waals surface area contributed by atoms with E-state index in [9.17, 15) is 8.42 Å². The monoisotopic (exact) mass is 270 g/mol. The van der Waals surface area contributed by atoms with E-state index in [4.69, 9.17) is 0 Å². The van der Waals surface area contributed by atoms with Crippen molar-refractivity contribution in [1.29, 1.82) is 0 Å². The SMILES string of the molecule is Cc1conc1NS(=O)(=O)c1cn(C(C)C)cn1. The molecule has 0 aliphatic carbocycles.